The van der Waals surface area contributed by atoms with Gasteiger partial charge < -0.3 is 4.74 Å². The van der Waals surface area contributed by atoms with Crippen LogP contribution in [0.15, 0.2) is 70.4 Å². The fourth-order valence-electron chi connectivity index (χ4n) is 11.9. The molecule has 0 aliphatic heterocycles. The molecule has 5 aliphatic rings. The molecule has 3 atom stereocenters. The standard InChI is InChI=1S/C49H76OSi2/c1-18-27-50-43-37(51(16,17)45(5,6)7)28-32(4)29-38(43)52(19-2,20-3)44-36-31-47(10,11)23-21-33(36)39-40(44)35-30-46(8,9)24-22-34(35)41-42(39)49(14,15)26-25-48(41,12)13/h18,25-26,28-29,35,40,44H,1,19-24,27,30-31H2,2-17H3. The predicted molar refractivity (Wildman–Crippen MR) is 234 cm³/mol. The quantitative estimate of drug-likeness (QED) is 0.191. The lowest BCUT2D eigenvalue weighted by Crippen LogP contribution is -2.58. The predicted octanol–water partition coefficient (Wildman–Crippen LogP) is 13.5. The van der Waals surface area contributed by atoms with Gasteiger partial charge in [0.25, 0.3) is 0 Å². The second-order valence-electron chi connectivity index (χ2n) is 22.3. The summed E-state index contributed by atoms with van der Waals surface area (Å²) in [7, 11) is -4.24. The highest BCUT2D eigenvalue weighted by Gasteiger charge is 2.61. The minimum absolute atomic E-state index is 0.0308. The van der Waals surface area contributed by atoms with Gasteiger partial charge in [-0.25, -0.2) is 0 Å². The van der Waals surface area contributed by atoms with Gasteiger partial charge in [0, 0.05) is 10.8 Å². The van der Waals surface area contributed by atoms with E-state index in [0.717, 1.165) is 0 Å². The van der Waals surface area contributed by atoms with Gasteiger partial charge in [-0.1, -0.05) is 169 Å². The van der Waals surface area contributed by atoms with Crippen molar-refractivity contribution in [3.05, 3.63) is 75.9 Å². The van der Waals surface area contributed by atoms with E-state index in [1.165, 1.54) is 67.1 Å². The van der Waals surface area contributed by atoms with Crippen molar-refractivity contribution >= 4 is 26.5 Å². The molecule has 1 saturated carbocycles. The molecular weight excluding hydrogens is 661 g/mol. The molecule has 0 heterocycles. The molecule has 52 heavy (non-hydrogen) atoms. The minimum atomic E-state index is -2.29. The first-order valence-corrected chi connectivity index (χ1v) is 26.7. The van der Waals surface area contributed by atoms with Crippen LogP contribution in [0.2, 0.25) is 35.8 Å². The highest BCUT2D eigenvalue weighted by molar-refractivity contribution is 6.97. The van der Waals surface area contributed by atoms with E-state index in [9.17, 15) is 0 Å². The van der Waals surface area contributed by atoms with Crippen molar-refractivity contribution in [3.8, 4) is 5.75 Å². The number of hydrogen-bond donors (Lipinski definition) is 0. The van der Waals surface area contributed by atoms with Crippen LogP contribution < -0.4 is 15.1 Å². The summed E-state index contributed by atoms with van der Waals surface area (Å²) in [6, 6.07) is 7.70. The van der Waals surface area contributed by atoms with Crippen molar-refractivity contribution < 1.29 is 4.74 Å². The second kappa shape index (κ2) is 12.9. The first kappa shape index (κ1) is 39.8. The molecule has 0 aromatic heterocycles. The fraction of sp³-hybridized carbons (Fsp3) is 0.673. The summed E-state index contributed by atoms with van der Waals surface area (Å²) in [6.45, 7) is 45.4. The molecule has 5 aliphatic carbocycles. The molecule has 0 N–H and O–H groups in total. The third kappa shape index (κ3) is 6.13. The molecule has 1 fully saturated rings. The molecule has 0 bridgehead atoms. The number of hydrogen-bond acceptors (Lipinski definition) is 1. The maximum atomic E-state index is 7.13. The Hall–Kier alpha value is -1.85. The average molecular weight is 737 g/mol. The lowest BCUT2D eigenvalue weighted by Gasteiger charge is -2.54. The first-order chi connectivity index (χ1) is 23.9. The fourth-order valence-corrected chi connectivity index (χ4v) is 19.9. The van der Waals surface area contributed by atoms with Crippen molar-refractivity contribution in [2.45, 2.75) is 171 Å². The zero-order valence-corrected chi connectivity index (χ0v) is 38.6. The normalized spacial score (nSPS) is 27.6. The second-order valence-corrected chi connectivity index (χ2v) is 32.5. The van der Waals surface area contributed by atoms with Crippen LogP contribution in [0.4, 0.5) is 0 Å². The topological polar surface area (TPSA) is 9.23 Å². The Balaban J connectivity index is 1.75. The third-order valence-electron chi connectivity index (χ3n) is 15.8. The summed E-state index contributed by atoms with van der Waals surface area (Å²) >= 11 is 0. The van der Waals surface area contributed by atoms with Crippen molar-refractivity contribution in [1.29, 1.82) is 0 Å². The monoisotopic (exact) mass is 737 g/mol. The number of allylic oxidation sites excluding steroid dienone is 8. The SMILES string of the molecule is C=CCOc1c([Si](CC)(CC)C2C3=C(CCC(C)(C)C3)C3=C4C(=C5CCC(C)(C)CC5C32)C(C)(C)C=CC4(C)C)cc(C)cc1[Si](C)(C)C(C)(C)C. The van der Waals surface area contributed by atoms with Gasteiger partial charge in [-0.3, -0.25) is 0 Å². The molecular formula is C49H76OSi2. The van der Waals surface area contributed by atoms with E-state index in [2.05, 4.69) is 141 Å². The Morgan fingerprint density at radius 1 is 0.827 bits per heavy atom. The van der Waals surface area contributed by atoms with Crippen LogP contribution in [-0.2, 0) is 0 Å². The molecule has 1 aromatic carbocycles. The smallest absolute Gasteiger partial charge is 0.118 e. The maximum absolute atomic E-state index is 7.13. The first-order valence-electron chi connectivity index (χ1n) is 21.2. The van der Waals surface area contributed by atoms with Gasteiger partial charge in [0.1, 0.15) is 12.4 Å². The molecule has 1 aromatic rings. The number of fused-ring (bicyclic) bond motifs is 5. The Bertz CT molecular complexity index is 1760. The highest BCUT2D eigenvalue weighted by Crippen LogP contribution is 2.70. The Morgan fingerprint density at radius 2 is 1.40 bits per heavy atom. The molecule has 0 spiro atoms. The molecule has 3 heteroatoms. The highest BCUT2D eigenvalue weighted by atomic mass is 28.3. The summed E-state index contributed by atoms with van der Waals surface area (Å²) < 4.78 is 7.13. The van der Waals surface area contributed by atoms with Crippen LogP contribution in [0, 0.1) is 40.4 Å². The Kier molecular flexibility index (Phi) is 9.85. The molecule has 1 nitrogen and oxygen atoms in total. The van der Waals surface area contributed by atoms with E-state index in [0.29, 0.717) is 34.8 Å². The zero-order chi connectivity index (χ0) is 38.6. The van der Waals surface area contributed by atoms with Gasteiger partial charge in [-0.05, 0) is 111 Å². The van der Waals surface area contributed by atoms with Gasteiger partial charge >= 0.3 is 0 Å². The maximum Gasteiger partial charge on any atom is 0.118 e. The summed E-state index contributed by atoms with van der Waals surface area (Å²) in [5.41, 5.74) is 13.7. The van der Waals surface area contributed by atoms with E-state index in [4.69, 9.17) is 4.74 Å². The molecule has 6 rings (SSSR count). The molecule has 286 valence electrons. The van der Waals surface area contributed by atoms with Crippen LogP contribution in [0.25, 0.3) is 0 Å². The van der Waals surface area contributed by atoms with Gasteiger partial charge in [0.15, 0.2) is 0 Å². The van der Waals surface area contributed by atoms with Crippen LogP contribution in [-0.4, -0.2) is 22.8 Å². The van der Waals surface area contributed by atoms with Crippen LogP contribution in [0.1, 0.15) is 134 Å². The van der Waals surface area contributed by atoms with Crippen molar-refractivity contribution in [3.63, 3.8) is 0 Å². The van der Waals surface area contributed by atoms with Crippen molar-refractivity contribution in [2.75, 3.05) is 6.61 Å². The summed E-state index contributed by atoms with van der Waals surface area (Å²) in [4.78, 5) is 0. The van der Waals surface area contributed by atoms with Crippen molar-refractivity contribution in [2.24, 2.45) is 33.5 Å². The number of rotatable bonds is 8. The molecule has 0 saturated heterocycles. The van der Waals surface area contributed by atoms with E-state index < -0.39 is 16.1 Å². The van der Waals surface area contributed by atoms with Gasteiger partial charge in [0.2, 0.25) is 0 Å². The van der Waals surface area contributed by atoms with E-state index in [-0.39, 0.29) is 15.9 Å². The number of benzene rings is 1. The number of aryl methyl sites for hydroxylation is 1. The van der Waals surface area contributed by atoms with E-state index in [1.54, 1.807) is 16.3 Å². The molecule has 0 radical (unpaired) electrons. The van der Waals surface area contributed by atoms with Crippen molar-refractivity contribution in [1.82, 2.24) is 0 Å². The summed E-state index contributed by atoms with van der Waals surface area (Å²) in [5, 5.41) is 3.39. The number of ether oxygens (including phenoxy) is 1. The third-order valence-corrected chi connectivity index (χ3v) is 27.1. The molecule has 3 unspecified atom stereocenters. The van der Waals surface area contributed by atoms with Crippen LogP contribution in [0.3, 0.4) is 0 Å². The lowest BCUT2D eigenvalue weighted by atomic mass is 9.52. The van der Waals surface area contributed by atoms with E-state index in [1.807, 2.05) is 28.4 Å². The Labute approximate surface area is 323 Å². The van der Waals surface area contributed by atoms with Crippen LogP contribution >= 0.6 is 0 Å². The van der Waals surface area contributed by atoms with E-state index >= 15 is 0 Å². The lowest BCUT2D eigenvalue weighted by molar-refractivity contribution is 0.185. The minimum Gasteiger partial charge on any atom is -0.490 e. The van der Waals surface area contributed by atoms with Gasteiger partial charge in [0.05, 0.1) is 16.1 Å². The zero-order valence-electron chi connectivity index (χ0n) is 36.6. The van der Waals surface area contributed by atoms with Crippen LogP contribution in [0.5, 0.6) is 5.75 Å². The Morgan fingerprint density at radius 3 is 1.98 bits per heavy atom. The largest absolute Gasteiger partial charge is 0.490 e. The van der Waals surface area contributed by atoms with Gasteiger partial charge in [-0.15, -0.1) is 0 Å². The summed E-state index contributed by atoms with van der Waals surface area (Å²) in [6.07, 6.45) is 14.8. The summed E-state index contributed by atoms with van der Waals surface area (Å²) in [5.74, 6) is 2.46. The van der Waals surface area contributed by atoms with Gasteiger partial charge in [-0.2, -0.15) is 0 Å². The molecule has 0 amide bonds. The average Bonchev–Trinajstić information content (AvgIpc) is 3.35.